The van der Waals surface area contributed by atoms with Crippen LogP contribution in [0.25, 0.3) is 0 Å². The van der Waals surface area contributed by atoms with E-state index in [0.29, 0.717) is 23.5 Å². The molecule has 0 bridgehead atoms. The summed E-state index contributed by atoms with van der Waals surface area (Å²) in [6.07, 6.45) is -0.725. The average Bonchev–Trinajstić information content (AvgIpc) is 2.84. The fraction of sp³-hybridized carbons (Fsp3) is 0.471. The third-order valence-electron chi connectivity index (χ3n) is 4.77. The third-order valence-corrected chi connectivity index (χ3v) is 4.77. The Bertz CT molecular complexity index is 743. The number of imide groups is 1. The molecule has 4 amide bonds. The highest BCUT2D eigenvalue weighted by atomic mass is 19.4. The van der Waals surface area contributed by atoms with Crippen molar-refractivity contribution in [3.05, 3.63) is 29.8 Å². The van der Waals surface area contributed by atoms with Gasteiger partial charge < -0.3 is 10.6 Å². The number of carbonyl (C=O) groups is 3. The first-order valence-electron chi connectivity index (χ1n) is 8.59. The van der Waals surface area contributed by atoms with Gasteiger partial charge in [-0.05, 0) is 37.1 Å². The van der Waals surface area contributed by atoms with E-state index in [-0.39, 0.29) is 6.54 Å². The average molecular weight is 384 g/mol. The molecule has 1 aromatic rings. The summed E-state index contributed by atoms with van der Waals surface area (Å²) in [6, 6.07) is 3.50. The van der Waals surface area contributed by atoms with E-state index < -0.39 is 35.1 Å². The van der Waals surface area contributed by atoms with Crippen molar-refractivity contribution >= 4 is 23.5 Å². The van der Waals surface area contributed by atoms with Gasteiger partial charge in [0.25, 0.3) is 11.8 Å². The van der Waals surface area contributed by atoms with E-state index in [1.807, 2.05) is 0 Å². The Morgan fingerprint density at radius 1 is 1.11 bits per heavy atom. The molecule has 1 saturated carbocycles. The molecule has 1 spiro atoms. The summed E-state index contributed by atoms with van der Waals surface area (Å²) in [6.45, 7) is -0.310. The second-order valence-electron chi connectivity index (χ2n) is 6.68. The summed E-state index contributed by atoms with van der Waals surface area (Å²) in [5.74, 6) is -1.14. The summed E-state index contributed by atoms with van der Waals surface area (Å²) in [7, 11) is 0. The van der Waals surface area contributed by atoms with E-state index in [1.54, 1.807) is 0 Å². The molecule has 3 rings (SSSR count). The molecule has 27 heavy (non-hydrogen) atoms. The van der Waals surface area contributed by atoms with E-state index in [0.717, 1.165) is 31.4 Å². The molecule has 1 heterocycles. The Labute approximate surface area is 153 Å². The molecule has 2 aliphatic rings. The maximum absolute atomic E-state index is 12.5. The number of anilines is 1. The highest BCUT2D eigenvalue weighted by Crippen LogP contribution is 2.33. The number of nitrogens with one attached hydrogen (secondary N) is 3. The van der Waals surface area contributed by atoms with Gasteiger partial charge in [-0.2, -0.15) is 18.2 Å². The second kappa shape index (κ2) is 7.09. The fourth-order valence-corrected chi connectivity index (χ4v) is 3.34. The number of carbonyl (C=O) groups excluding carboxylic acids is 3. The Kier molecular flexibility index (Phi) is 4.99. The van der Waals surface area contributed by atoms with E-state index in [1.165, 1.54) is 12.1 Å². The molecule has 1 saturated heterocycles. The van der Waals surface area contributed by atoms with Crippen LogP contribution in [0.2, 0.25) is 0 Å². The number of hydrazine groups is 1. The first-order valence-corrected chi connectivity index (χ1v) is 8.59. The molecule has 0 radical (unpaired) electrons. The van der Waals surface area contributed by atoms with Gasteiger partial charge in [-0.1, -0.05) is 19.3 Å². The number of rotatable bonds is 4. The maximum atomic E-state index is 12.5. The largest absolute Gasteiger partial charge is 0.416 e. The Balaban J connectivity index is 1.55. The van der Waals surface area contributed by atoms with E-state index in [2.05, 4.69) is 16.1 Å². The minimum Gasteiger partial charge on any atom is -0.376 e. The van der Waals surface area contributed by atoms with Crippen LogP contribution in [0.1, 0.15) is 37.7 Å². The number of benzene rings is 1. The van der Waals surface area contributed by atoms with E-state index >= 15 is 0 Å². The van der Waals surface area contributed by atoms with Crippen molar-refractivity contribution in [2.45, 2.75) is 43.8 Å². The number of nitrogens with zero attached hydrogens (tertiary/aromatic N) is 1. The van der Waals surface area contributed by atoms with Gasteiger partial charge in [-0.3, -0.25) is 15.0 Å². The van der Waals surface area contributed by atoms with Crippen molar-refractivity contribution < 1.29 is 27.6 Å². The fourth-order valence-electron chi connectivity index (χ4n) is 3.34. The van der Waals surface area contributed by atoms with Gasteiger partial charge in [-0.15, -0.1) is 0 Å². The highest BCUT2D eigenvalue weighted by molar-refractivity contribution is 6.08. The number of alkyl halides is 3. The standard InChI is InChI=1S/C17H19F3N4O3/c18-17(19,20)11-4-6-12(7-5-11)21-10-13(25)23-24-14(26)16(22-15(24)27)8-2-1-3-9-16/h4-7,21H,1-3,8-10H2,(H,22,27)(H,23,25). The summed E-state index contributed by atoms with van der Waals surface area (Å²) in [5, 5.41) is 6.00. The Hall–Kier alpha value is -2.78. The van der Waals surface area contributed by atoms with Gasteiger partial charge in [0.1, 0.15) is 5.54 Å². The molecule has 146 valence electrons. The number of urea groups is 1. The van der Waals surface area contributed by atoms with Crippen molar-refractivity contribution in [3.8, 4) is 0 Å². The van der Waals surface area contributed by atoms with E-state index in [4.69, 9.17) is 0 Å². The quantitative estimate of drug-likeness (QED) is 0.696. The lowest BCUT2D eigenvalue weighted by molar-refractivity contribution is -0.139. The van der Waals surface area contributed by atoms with Crippen LogP contribution in [-0.4, -0.2) is 34.9 Å². The van der Waals surface area contributed by atoms with Crippen LogP contribution < -0.4 is 16.1 Å². The summed E-state index contributed by atoms with van der Waals surface area (Å²) in [5.41, 5.74) is 0.813. The molecule has 0 unspecified atom stereocenters. The lowest BCUT2D eigenvalue weighted by atomic mass is 9.82. The summed E-state index contributed by atoms with van der Waals surface area (Å²) >= 11 is 0. The zero-order valence-corrected chi connectivity index (χ0v) is 14.4. The van der Waals surface area contributed by atoms with Crippen LogP contribution >= 0.6 is 0 Å². The zero-order valence-electron chi connectivity index (χ0n) is 14.4. The molecule has 0 aromatic heterocycles. The van der Waals surface area contributed by atoms with Crippen LogP contribution in [0.15, 0.2) is 24.3 Å². The first kappa shape index (κ1) is 19.0. The first-order chi connectivity index (χ1) is 12.7. The molecule has 10 heteroatoms. The van der Waals surface area contributed by atoms with Gasteiger partial charge in [0, 0.05) is 5.69 Å². The molecule has 1 aliphatic heterocycles. The molecule has 0 atom stereocenters. The lowest BCUT2D eigenvalue weighted by Gasteiger charge is -2.30. The topological polar surface area (TPSA) is 90.5 Å². The van der Waals surface area contributed by atoms with Crippen molar-refractivity contribution in [1.82, 2.24) is 15.8 Å². The van der Waals surface area contributed by atoms with Gasteiger partial charge in [0.05, 0.1) is 12.1 Å². The lowest BCUT2D eigenvalue weighted by Crippen LogP contribution is -2.51. The number of hydrogen-bond donors (Lipinski definition) is 3. The second-order valence-corrected chi connectivity index (χ2v) is 6.68. The van der Waals surface area contributed by atoms with Crippen molar-refractivity contribution in [2.24, 2.45) is 0 Å². The van der Waals surface area contributed by atoms with Gasteiger partial charge in [0.2, 0.25) is 0 Å². The smallest absolute Gasteiger partial charge is 0.376 e. The molecule has 1 aromatic carbocycles. The molecular formula is C17H19F3N4O3. The van der Waals surface area contributed by atoms with E-state index in [9.17, 15) is 27.6 Å². The minimum atomic E-state index is -4.44. The van der Waals surface area contributed by atoms with Crippen LogP contribution in [0, 0.1) is 0 Å². The summed E-state index contributed by atoms with van der Waals surface area (Å²) < 4.78 is 37.6. The normalized spacial score (nSPS) is 19.1. The maximum Gasteiger partial charge on any atom is 0.416 e. The molecular weight excluding hydrogens is 365 g/mol. The minimum absolute atomic E-state index is 0.305. The molecule has 7 nitrogen and oxygen atoms in total. The molecule has 2 fully saturated rings. The molecule has 1 aliphatic carbocycles. The van der Waals surface area contributed by atoms with Crippen LogP contribution in [0.5, 0.6) is 0 Å². The van der Waals surface area contributed by atoms with Gasteiger partial charge in [-0.25, -0.2) is 4.79 Å². The van der Waals surface area contributed by atoms with Crippen LogP contribution in [0.3, 0.4) is 0 Å². The zero-order chi connectivity index (χ0) is 19.7. The monoisotopic (exact) mass is 384 g/mol. The SMILES string of the molecule is O=C(CNc1ccc(C(F)(F)F)cc1)NN1C(=O)NC2(CCCCC2)C1=O. The van der Waals surface area contributed by atoms with Crippen molar-refractivity contribution in [2.75, 3.05) is 11.9 Å². The predicted molar refractivity (Wildman–Crippen MR) is 89.3 cm³/mol. The Morgan fingerprint density at radius 3 is 2.33 bits per heavy atom. The van der Waals surface area contributed by atoms with Crippen molar-refractivity contribution in [3.63, 3.8) is 0 Å². The highest BCUT2D eigenvalue weighted by Gasteiger charge is 2.52. The van der Waals surface area contributed by atoms with Crippen molar-refractivity contribution in [1.29, 1.82) is 0 Å². The van der Waals surface area contributed by atoms with Gasteiger partial charge >= 0.3 is 12.2 Å². The molecule has 3 N–H and O–H groups in total. The third kappa shape index (κ3) is 3.99. The number of hydrogen-bond acceptors (Lipinski definition) is 4. The Morgan fingerprint density at radius 2 is 1.74 bits per heavy atom. The van der Waals surface area contributed by atoms with Gasteiger partial charge in [0.15, 0.2) is 0 Å². The predicted octanol–water partition coefficient (Wildman–Crippen LogP) is 2.40. The summed E-state index contributed by atoms with van der Waals surface area (Å²) in [4.78, 5) is 36.6. The number of amides is 4. The van der Waals surface area contributed by atoms with Crippen LogP contribution in [0.4, 0.5) is 23.7 Å². The number of halogens is 3. The van der Waals surface area contributed by atoms with Crippen LogP contribution in [-0.2, 0) is 15.8 Å².